The molecule has 1 aliphatic rings. The zero-order valence-corrected chi connectivity index (χ0v) is 13.6. The van der Waals surface area contributed by atoms with Crippen LogP contribution in [0, 0.1) is 0 Å². The van der Waals surface area contributed by atoms with Crippen molar-refractivity contribution < 1.29 is 18.3 Å². The molecular formula is C12H18BN2O4PS. The second-order valence-electron chi connectivity index (χ2n) is 4.86. The predicted molar refractivity (Wildman–Crippen MR) is 82.9 cm³/mol. The Morgan fingerprint density at radius 3 is 2.86 bits per heavy atom. The molecule has 0 aliphatic heterocycles. The van der Waals surface area contributed by atoms with Gasteiger partial charge in [-0.25, -0.2) is 0 Å². The van der Waals surface area contributed by atoms with Crippen LogP contribution >= 0.6 is 18.2 Å². The minimum absolute atomic E-state index is 0.125. The molecule has 1 saturated carbocycles. The van der Waals surface area contributed by atoms with Crippen molar-refractivity contribution in [3.05, 3.63) is 18.2 Å². The molecule has 1 heterocycles. The fraction of sp³-hybridized carbons (Fsp3) is 0.667. The Hall–Kier alpha value is -0.845. The van der Waals surface area contributed by atoms with Gasteiger partial charge in [0.1, 0.15) is 0 Å². The van der Waals surface area contributed by atoms with E-state index in [1.807, 2.05) is 4.57 Å². The van der Waals surface area contributed by atoms with Gasteiger partial charge in [0.25, 0.3) is 0 Å². The number of carbonyl (C=O) groups is 1. The fourth-order valence-corrected chi connectivity index (χ4v) is 3.46. The van der Waals surface area contributed by atoms with Crippen LogP contribution in [0.3, 0.4) is 0 Å². The third kappa shape index (κ3) is 4.83. The van der Waals surface area contributed by atoms with Crippen LogP contribution in [-0.4, -0.2) is 35.4 Å². The molecular weight excluding hydrogens is 310 g/mol. The molecule has 0 aromatic carbocycles. The van der Waals surface area contributed by atoms with Crippen molar-refractivity contribution in [2.75, 3.05) is 6.61 Å². The number of imidazole rings is 1. The summed E-state index contributed by atoms with van der Waals surface area (Å²) in [6.07, 6.45) is 7.22. The fourth-order valence-electron chi connectivity index (χ4n) is 2.40. The van der Waals surface area contributed by atoms with Crippen molar-refractivity contribution in [1.29, 1.82) is 0 Å². The van der Waals surface area contributed by atoms with Crippen molar-refractivity contribution in [2.45, 2.75) is 44.8 Å². The monoisotopic (exact) mass is 328 g/mol. The second kappa shape index (κ2) is 7.96. The second-order valence-corrected chi connectivity index (χ2v) is 7.54. The topological polar surface area (TPSA) is 70.4 Å². The third-order valence-corrected chi connectivity index (χ3v) is 4.70. The van der Waals surface area contributed by atoms with Crippen molar-refractivity contribution in [3.63, 3.8) is 0 Å². The van der Waals surface area contributed by atoms with E-state index in [9.17, 15) is 9.36 Å². The molecule has 114 valence electrons. The van der Waals surface area contributed by atoms with Crippen LogP contribution in [-0.2, 0) is 13.5 Å². The third-order valence-electron chi connectivity index (χ3n) is 3.41. The first-order valence-electron chi connectivity index (χ1n) is 6.92. The number of ether oxygens (including phenoxy) is 1. The molecule has 1 atom stereocenters. The molecule has 0 saturated heterocycles. The van der Waals surface area contributed by atoms with Gasteiger partial charge in [-0.2, -0.15) is 0 Å². The van der Waals surface area contributed by atoms with Gasteiger partial charge >= 0.3 is 115 Å². The molecule has 0 bridgehead atoms. The predicted octanol–water partition coefficient (Wildman–Crippen LogP) is 2.77. The molecule has 1 aromatic heterocycles. The van der Waals surface area contributed by atoms with Crippen molar-refractivity contribution in [2.24, 2.45) is 0 Å². The molecule has 0 N–H and O–H groups in total. The van der Waals surface area contributed by atoms with E-state index in [0.29, 0.717) is 18.3 Å². The molecule has 21 heavy (non-hydrogen) atoms. The van der Waals surface area contributed by atoms with Gasteiger partial charge in [-0.3, -0.25) is 0 Å². The van der Waals surface area contributed by atoms with Crippen molar-refractivity contribution in [1.82, 2.24) is 9.55 Å². The van der Waals surface area contributed by atoms with Crippen molar-refractivity contribution in [3.8, 4) is 0 Å². The molecule has 1 unspecified atom stereocenters. The molecule has 1 aromatic rings. The summed E-state index contributed by atoms with van der Waals surface area (Å²) in [7, 11) is 3.41. The van der Waals surface area contributed by atoms with E-state index < -0.39 is 6.49 Å². The Labute approximate surface area is 129 Å². The average Bonchev–Trinajstić information content (AvgIpc) is 2.96. The Balaban J connectivity index is 1.86. The maximum atomic E-state index is 11.6. The maximum absolute atomic E-state index is 11.6. The van der Waals surface area contributed by atoms with E-state index in [1.165, 1.54) is 0 Å². The van der Waals surface area contributed by atoms with Gasteiger partial charge in [-0.1, -0.05) is 0 Å². The molecule has 1 fully saturated rings. The summed E-state index contributed by atoms with van der Waals surface area (Å²) in [5, 5.41) is 0. The summed E-state index contributed by atoms with van der Waals surface area (Å²) >= 11 is 0.966. The molecule has 0 amide bonds. The van der Waals surface area contributed by atoms with Gasteiger partial charge in [-0.05, 0) is 6.92 Å². The first-order valence-corrected chi connectivity index (χ1v) is 9.71. The quantitative estimate of drug-likeness (QED) is 0.346. The molecule has 1 aliphatic carbocycles. The Bertz CT molecular complexity index is 547. The summed E-state index contributed by atoms with van der Waals surface area (Å²) in [4.78, 5) is 15.7. The van der Waals surface area contributed by atoms with Crippen LogP contribution in [0.2, 0.25) is 0 Å². The average molecular weight is 328 g/mol. The van der Waals surface area contributed by atoms with Gasteiger partial charge in [0.2, 0.25) is 0 Å². The van der Waals surface area contributed by atoms with Gasteiger partial charge in [0.15, 0.2) is 0 Å². The molecule has 6 nitrogen and oxygen atoms in total. The number of hydrogen-bond donors (Lipinski definition) is 0. The summed E-state index contributed by atoms with van der Waals surface area (Å²) in [6, 6.07) is 0.319. The first kappa shape index (κ1) is 16.5. The van der Waals surface area contributed by atoms with Gasteiger partial charge in [-0.15, -0.1) is 0 Å². The summed E-state index contributed by atoms with van der Waals surface area (Å²) in [5.41, 5.74) is 0.347. The zero-order chi connectivity index (χ0) is 15.2. The van der Waals surface area contributed by atoms with Crippen LogP contribution in [0.1, 0.15) is 49.1 Å². The number of aromatic nitrogens is 2. The SMILES string of the molecule is B=P(=O)SO[C@H]1CC[C@@H](n2cnc(C(=O)OCC)c2)CC1. The van der Waals surface area contributed by atoms with Crippen LogP contribution in [0.25, 0.3) is 0 Å². The first-order chi connectivity index (χ1) is 10.1. The number of hydrogen-bond acceptors (Lipinski definition) is 6. The van der Waals surface area contributed by atoms with Crippen LogP contribution in [0.5, 0.6) is 0 Å². The van der Waals surface area contributed by atoms with Crippen LogP contribution in [0.15, 0.2) is 12.5 Å². The van der Waals surface area contributed by atoms with Gasteiger partial charge in [0.05, 0.1) is 6.61 Å². The van der Waals surface area contributed by atoms with Crippen LogP contribution < -0.4 is 0 Å². The van der Waals surface area contributed by atoms with E-state index in [2.05, 4.69) is 12.2 Å². The number of esters is 1. The van der Waals surface area contributed by atoms with E-state index >= 15 is 0 Å². The molecule has 0 spiro atoms. The Morgan fingerprint density at radius 1 is 1.52 bits per heavy atom. The standard InChI is InChI=1S/C12H18BN2O4PS/c1-2-18-12(16)11-7-15(8-14-11)9-3-5-10(6-4-9)19-21-20(13)17/h7-10,13H,2-6H2,1H3/t9-,10+. The Morgan fingerprint density at radius 2 is 2.24 bits per heavy atom. The van der Waals surface area contributed by atoms with Gasteiger partial charge < -0.3 is 0 Å². The van der Waals surface area contributed by atoms with E-state index in [1.54, 1.807) is 19.4 Å². The zero-order valence-electron chi connectivity index (χ0n) is 11.9. The molecule has 0 radical (unpaired) electrons. The number of carbonyl (C=O) groups excluding carboxylic acids is 1. The van der Waals surface area contributed by atoms with E-state index in [-0.39, 0.29) is 12.1 Å². The number of rotatable bonds is 6. The molecule has 2 rings (SSSR count). The summed E-state index contributed by atoms with van der Waals surface area (Å²) in [6.45, 7) is 0.559. The normalized spacial score (nSPS) is 22.8. The van der Waals surface area contributed by atoms with E-state index in [0.717, 1.165) is 37.3 Å². The van der Waals surface area contributed by atoms with Gasteiger partial charge in [0, 0.05) is 0 Å². The molecule has 9 heteroatoms. The van der Waals surface area contributed by atoms with E-state index in [4.69, 9.17) is 8.92 Å². The van der Waals surface area contributed by atoms with Crippen molar-refractivity contribution >= 4 is 31.3 Å². The Kier molecular flexibility index (Phi) is 6.27. The van der Waals surface area contributed by atoms with Crippen LogP contribution in [0.4, 0.5) is 0 Å². The minimum atomic E-state index is -1.56. The summed E-state index contributed by atoms with van der Waals surface area (Å²) < 4.78 is 23.3. The summed E-state index contributed by atoms with van der Waals surface area (Å²) in [5.74, 6) is -0.385. The number of nitrogens with zero attached hydrogens (tertiary/aromatic N) is 2.